The molecule has 3 aromatic rings. The Morgan fingerprint density at radius 2 is 1.86 bits per heavy atom. The third-order valence-corrected chi connectivity index (χ3v) is 7.53. The van der Waals surface area contributed by atoms with E-state index in [-0.39, 0.29) is 54.7 Å². The molecule has 0 amide bonds. The van der Waals surface area contributed by atoms with Crippen LogP contribution in [0.4, 0.5) is 17.6 Å². The molecule has 218 valence electrons. The van der Waals surface area contributed by atoms with E-state index in [4.69, 9.17) is 18.9 Å². The number of nitrogens with zero attached hydrogens (tertiary/aromatic N) is 2. The molecule has 1 saturated heterocycles. The first-order chi connectivity index (χ1) is 20.0. The molecular weight excluding hydrogens is 556 g/mol. The molecule has 0 radical (unpaired) electrons. The van der Waals surface area contributed by atoms with Crippen LogP contribution in [0.15, 0.2) is 72.4 Å². The molecule has 11 heteroatoms. The van der Waals surface area contributed by atoms with Gasteiger partial charge in [0.2, 0.25) is 0 Å². The van der Waals surface area contributed by atoms with Crippen molar-refractivity contribution in [3.05, 3.63) is 83.7 Å². The summed E-state index contributed by atoms with van der Waals surface area (Å²) in [5.41, 5.74) is 0.451. The van der Waals surface area contributed by atoms with Crippen LogP contribution in [-0.4, -0.2) is 48.4 Å². The second-order valence-corrected chi connectivity index (χ2v) is 10.6. The lowest BCUT2D eigenvalue weighted by Crippen LogP contribution is -2.38. The zero-order valence-electron chi connectivity index (χ0n) is 22.6. The number of ether oxygens (including phenoxy) is 4. The number of carbonyl (C=O) groups excluding carboxylic acids is 1. The minimum Gasteiger partial charge on any atom is -0.493 e. The number of hydrogen-bond acceptors (Lipinski definition) is 7. The van der Waals surface area contributed by atoms with Gasteiger partial charge in [-0.3, -0.25) is 9.78 Å². The van der Waals surface area contributed by atoms with Gasteiger partial charge in [0.15, 0.2) is 11.5 Å². The number of carbonyl (C=O) groups is 1. The number of benzene rings is 2. The number of fused-ring (bicyclic) bond motifs is 1. The summed E-state index contributed by atoms with van der Waals surface area (Å²) in [7, 11) is 1.52. The van der Waals surface area contributed by atoms with Gasteiger partial charge in [-0.2, -0.15) is 13.2 Å². The molecular formula is C31H26F4N2O5. The molecule has 3 aliphatic rings. The molecule has 42 heavy (non-hydrogen) atoms. The highest BCUT2D eigenvalue weighted by atomic mass is 19.4. The summed E-state index contributed by atoms with van der Waals surface area (Å²) in [6.45, 7) is 4.63. The first kappa shape index (κ1) is 27.9. The normalized spacial score (nSPS) is 18.1. The number of rotatable bonds is 9. The van der Waals surface area contributed by atoms with E-state index in [9.17, 15) is 18.0 Å². The summed E-state index contributed by atoms with van der Waals surface area (Å²) < 4.78 is 77.6. The first-order valence-corrected chi connectivity index (χ1v) is 13.3. The molecule has 2 fully saturated rings. The highest BCUT2D eigenvalue weighted by Crippen LogP contribution is 2.63. The van der Waals surface area contributed by atoms with Crippen molar-refractivity contribution in [2.75, 3.05) is 20.3 Å². The third-order valence-electron chi connectivity index (χ3n) is 7.53. The number of allylic oxidation sites excluding steroid dienone is 4. The lowest BCUT2D eigenvalue weighted by molar-refractivity contribution is -0.183. The van der Waals surface area contributed by atoms with Crippen molar-refractivity contribution in [1.82, 2.24) is 9.97 Å². The van der Waals surface area contributed by atoms with Crippen LogP contribution in [0, 0.1) is 11.2 Å². The van der Waals surface area contributed by atoms with Crippen molar-refractivity contribution in [3.8, 4) is 22.8 Å². The Bertz CT molecular complexity index is 1660. The van der Waals surface area contributed by atoms with Crippen molar-refractivity contribution in [2.45, 2.75) is 38.0 Å². The van der Waals surface area contributed by atoms with E-state index < -0.39 is 17.4 Å². The largest absolute Gasteiger partial charge is 0.493 e. The summed E-state index contributed by atoms with van der Waals surface area (Å²) in [5.74, 6) is -0.169. The second kappa shape index (κ2) is 10.5. The maximum absolute atomic E-state index is 15.1. The molecule has 2 aliphatic heterocycles. The van der Waals surface area contributed by atoms with E-state index >= 15 is 4.39 Å². The van der Waals surface area contributed by atoms with E-state index in [1.807, 2.05) is 0 Å². The number of Topliss-reactive ketones (excluding diaryl/α,β-unsaturated/α-hetero) is 1. The molecule has 0 bridgehead atoms. The van der Waals surface area contributed by atoms with Crippen LogP contribution in [0.2, 0.25) is 0 Å². The van der Waals surface area contributed by atoms with Gasteiger partial charge in [0, 0.05) is 30.5 Å². The maximum atomic E-state index is 15.1. The highest BCUT2D eigenvalue weighted by molar-refractivity contribution is 5.84. The summed E-state index contributed by atoms with van der Waals surface area (Å²) >= 11 is 0. The fraction of sp³-hybridized carbons (Fsp3) is 0.323. The average Bonchev–Trinajstić information content (AvgIpc) is 3.73. The highest BCUT2D eigenvalue weighted by Gasteiger charge is 2.67. The zero-order valence-corrected chi connectivity index (χ0v) is 22.6. The fourth-order valence-corrected chi connectivity index (χ4v) is 4.98. The SMILES string of the molecule is C=C1C=C(CC(=O)Cc2ccc(-c3cnc4cc(OC5COC5)c(OC)cc4n3)cc2F)C=C(C2(C(F)(F)F)CC2)O1. The quantitative estimate of drug-likeness (QED) is 0.270. The van der Waals surface area contributed by atoms with Gasteiger partial charge >= 0.3 is 6.18 Å². The number of ketones is 1. The summed E-state index contributed by atoms with van der Waals surface area (Å²) in [5, 5.41) is 0. The Kier molecular flexibility index (Phi) is 7.00. The monoisotopic (exact) mass is 582 g/mol. The summed E-state index contributed by atoms with van der Waals surface area (Å²) in [6.07, 6.45) is -0.868. The van der Waals surface area contributed by atoms with E-state index in [2.05, 4.69) is 16.5 Å². The van der Waals surface area contributed by atoms with Gasteiger partial charge in [-0.15, -0.1) is 0 Å². The molecule has 0 unspecified atom stereocenters. The van der Waals surface area contributed by atoms with Crippen molar-refractivity contribution < 1.29 is 41.3 Å². The van der Waals surface area contributed by atoms with Gasteiger partial charge in [-0.25, -0.2) is 9.37 Å². The predicted molar refractivity (Wildman–Crippen MR) is 144 cm³/mol. The Morgan fingerprint density at radius 1 is 1.10 bits per heavy atom. The predicted octanol–water partition coefficient (Wildman–Crippen LogP) is 6.42. The standard InChI is InChI=1S/C31H26F4N2O5/c1-17-7-18(9-29(41-17)30(5-6-30)31(33,34)35)8-21(38)10-19-3-4-20(11-23(19)32)26-14-36-24-12-28(42-22-15-40-16-22)27(39-2)13-25(24)37-26/h3-4,7,9,11-14,22H,1,5-6,8,10,15-16H2,2H3. The van der Waals surface area contributed by atoms with Crippen molar-refractivity contribution in [1.29, 1.82) is 0 Å². The molecule has 7 nitrogen and oxygen atoms in total. The number of methoxy groups -OCH3 is 1. The molecule has 0 N–H and O–H groups in total. The van der Waals surface area contributed by atoms with Crippen LogP contribution in [0.1, 0.15) is 24.8 Å². The Balaban J connectivity index is 1.16. The molecule has 0 atom stereocenters. The summed E-state index contributed by atoms with van der Waals surface area (Å²) in [4.78, 5) is 21.9. The molecule has 2 aromatic carbocycles. The molecule has 1 saturated carbocycles. The lowest BCUT2D eigenvalue weighted by Gasteiger charge is -2.27. The lowest BCUT2D eigenvalue weighted by atomic mass is 9.95. The van der Waals surface area contributed by atoms with Crippen LogP contribution in [0.3, 0.4) is 0 Å². The smallest absolute Gasteiger partial charge is 0.401 e. The second-order valence-electron chi connectivity index (χ2n) is 10.6. The third kappa shape index (κ3) is 5.36. The van der Waals surface area contributed by atoms with Crippen molar-refractivity contribution in [3.63, 3.8) is 0 Å². The van der Waals surface area contributed by atoms with Crippen LogP contribution in [-0.2, 0) is 20.7 Å². The molecule has 0 spiro atoms. The molecule has 1 aromatic heterocycles. The van der Waals surface area contributed by atoms with Crippen molar-refractivity contribution >= 4 is 16.8 Å². The maximum Gasteiger partial charge on any atom is 0.401 e. The van der Waals surface area contributed by atoms with Crippen LogP contribution >= 0.6 is 0 Å². The van der Waals surface area contributed by atoms with E-state index in [1.54, 1.807) is 18.2 Å². The van der Waals surface area contributed by atoms with Crippen LogP contribution in [0.5, 0.6) is 11.5 Å². The van der Waals surface area contributed by atoms with E-state index in [0.29, 0.717) is 52.6 Å². The molecule has 6 rings (SSSR count). The van der Waals surface area contributed by atoms with Gasteiger partial charge in [0.1, 0.15) is 34.6 Å². The van der Waals surface area contributed by atoms with Gasteiger partial charge in [-0.1, -0.05) is 18.7 Å². The number of alkyl halides is 3. The Hall–Kier alpha value is -4.25. The average molecular weight is 583 g/mol. The van der Waals surface area contributed by atoms with Crippen molar-refractivity contribution in [2.24, 2.45) is 5.41 Å². The summed E-state index contributed by atoms with van der Waals surface area (Å²) in [6, 6.07) is 7.84. The minimum atomic E-state index is -4.46. The Morgan fingerprint density at radius 3 is 2.50 bits per heavy atom. The van der Waals surface area contributed by atoms with E-state index in [0.717, 1.165) is 0 Å². The number of hydrogen-bond donors (Lipinski definition) is 0. The number of aromatic nitrogens is 2. The topological polar surface area (TPSA) is 79.8 Å². The molecule has 1 aliphatic carbocycles. The minimum absolute atomic E-state index is 0.0344. The van der Waals surface area contributed by atoms with Gasteiger partial charge < -0.3 is 18.9 Å². The van der Waals surface area contributed by atoms with E-state index in [1.165, 1.54) is 37.6 Å². The fourth-order valence-electron chi connectivity index (χ4n) is 4.98. The molecule has 3 heterocycles. The van der Waals surface area contributed by atoms with Gasteiger partial charge in [-0.05, 0) is 42.2 Å². The van der Waals surface area contributed by atoms with Crippen LogP contribution in [0.25, 0.3) is 22.3 Å². The number of halogens is 4. The van der Waals surface area contributed by atoms with Gasteiger partial charge in [0.05, 0.1) is 43.2 Å². The first-order valence-electron chi connectivity index (χ1n) is 13.3. The Labute approximate surface area is 238 Å². The van der Waals surface area contributed by atoms with Crippen LogP contribution < -0.4 is 9.47 Å². The van der Waals surface area contributed by atoms with Gasteiger partial charge in [0.25, 0.3) is 0 Å². The zero-order chi connectivity index (χ0) is 29.6.